The number of fused-ring (bicyclic) bond motifs is 3. The van der Waals surface area contributed by atoms with Crippen LogP contribution in [0.4, 0.5) is 0 Å². The van der Waals surface area contributed by atoms with Crippen LogP contribution in [0.2, 0.25) is 0 Å². The lowest BCUT2D eigenvalue weighted by Gasteiger charge is -2.15. The average molecular weight is 371 g/mol. The van der Waals surface area contributed by atoms with Crippen LogP contribution in [0.5, 0.6) is 0 Å². The third-order valence-electron chi connectivity index (χ3n) is 4.57. The van der Waals surface area contributed by atoms with Crippen molar-refractivity contribution in [2.24, 2.45) is 7.05 Å². The van der Waals surface area contributed by atoms with Crippen molar-refractivity contribution in [2.45, 2.75) is 19.3 Å². The molecule has 25 heavy (non-hydrogen) atoms. The Labute approximate surface area is 154 Å². The minimum atomic E-state index is -0.0198. The number of benzene rings is 1. The average Bonchev–Trinajstić information content (AvgIpc) is 3.20. The molecule has 1 amide bonds. The molecule has 0 radical (unpaired) electrons. The van der Waals surface area contributed by atoms with E-state index in [2.05, 4.69) is 39.8 Å². The van der Waals surface area contributed by atoms with Gasteiger partial charge in [0, 0.05) is 24.9 Å². The standard InChI is InChI=1S/C18H18N4OS2/c1-22-15(20-21-18(22)24)8-9-19-17(23)14-10-12-7-6-11-4-2-3-5-13(11)16(12)25-14/h2-5,10H,6-9H2,1H3,(H,19,23)(H,21,24). The number of H-pyrrole nitrogens is 1. The van der Waals surface area contributed by atoms with Crippen LogP contribution in [-0.4, -0.2) is 27.2 Å². The van der Waals surface area contributed by atoms with Crippen molar-refractivity contribution in [3.8, 4) is 10.4 Å². The second-order valence-electron chi connectivity index (χ2n) is 6.13. The topological polar surface area (TPSA) is 62.7 Å². The maximum atomic E-state index is 12.5. The quantitative estimate of drug-likeness (QED) is 0.693. The number of rotatable bonds is 4. The fourth-order valence-electron chi connectivity index (χ4n) is 3.16. The Bertz CT molecular complexity index is 999. The number of aromatic nitrogens is 3. The lowest BCUT2D eigenvalue weighted by atomic mass is 9.91. The van der Waals surface area contributed by atoms with Crippen molar-refractivity contribution >= 4 is 29.5 Å². The fourth-order valence-corrected chi connectivity index (χ4v) is 4.50. The Morgan fingerprint density at radius 1 is 1.36 bits per heavy atom. The number of thiophene rings is 1. The summed E-state index contributed by atoms with van der Waals surface area (Å²) in [6.07, 6.45) is 2.68. The number of aryl methyl sites for hydroxylation is 2. The molecule has 2 heterocycles. The van der Waals surface area contributed by atoms with Gasteiger partial charge in [-0.1, -0.05) is 24.3 Å². The lowest BCUT2D eigenvalue weighted by Crippen LogP contribution is -2.25. The van der Waals surface area contributed by atoms with Crippen LogP contribution in [0, 0.1) is 4.77 Å². The van der Waals surface area contributed by atoms with Gasteiger partial charge in [-0.25, -0.2) is 0 Å². The minimum Gasteiger partial charge on any atom is -0.351 e. The van der Waals surface area contributed by atoms with Gasteiger partial charge in [-0.2, -0.15) is 5.10 Å². The number of hydrogen-bond acceptors (Lipinski definition) is 4. The van der Waals surface area contributed by atoms with Gasteiger partial charge in [-0.15, -0.1) is 11.3 Å². The van der Waals surface area contributed by atoms with E-state index in [1.165, 1.54) is 21.6 Å². The predicted molar refractivity (Wildman–Crippen MR) is 102 cm³/mol. The SMILES string of the molecule is Cn1c(CCNC(=O)c2cc3c(s2)-c2ccccc2CC3)n[nH]c1=S. The Morgan fingerprint density at radius 3 is 2.96 bits per heavy atom. The summed E-state index contributed by atoms with van der Waals surface area (Å²) in [7, 11) is 1.87. The van der Waals surface area contributed by atoms with Crippen LogP contribution >= 0.6 is 23.6 Å². The molecule has 5 nitrogen and oxygen atoms in total. The molecule has 1 aliphatic carbocycles. The number of aromatic amines is 1. The Kier molecular flexibility index (Phi) is 4.27. The molecule has 7 heteroatoms. The highest BCUT2D eigenvalue weighted by molar-refractivity contribution is 7.71. The Morgan fingerprint density at radius 2 is 2.16 bits per heavy atom. The largest absolute Gasteiger partial charge is 0.351 e. The molecule has 4 rings (SSSR count). The molecule has 0 saturated carbocycles. The summed E-state index contributed by atoms with van der Waals surface area (Å²) in [6.45, 7) is 0.533. The van der Waals surface area contributed by atoms with Crippen molar-refractivity contribution in [1.29, 1.82) is 0 Å². The van der Waals surface area contributed by atoms with Crippen molar-refractivity contribution in [2.75, 3.05) is 6.54 Å². The van der Waals surface area contributed by atoms with Gasteiger partial charge in [0.15, 0.2) is 4.77 Å². The van der Waals surface area contributed by atoms with E-state index in [9.17, 15) is 4.79 Å². The Hall–Kier alpha value is -2.25. The molecule has 2 aromatic heterocycles. The second-order valence-corrected chi connectivity index (χ2v) is 7.57. The van der Waals surface area contributed by atoms with Crippen molar-refractivity contribution in [3.05, 3.63) is 56.9 Å². The van der Waals surface area contributed by atoms with Crippen LogP contribution in [0.1, 0.15) is 26.6 Å². The molecule has 2 N–H and O–H groups in total. The second kappa shape index (κ2) is 6.57. The number of hydrogen-bond donors (Lipinski definition) is 2. The molecule has 0 fully saturated rings. The van der Waals surface area contributed by atoms with E-state index in [0.29, 0.717) is 17.7 Å². The van der Waals surface area contributed by atoms with E-state index in [4.69, 9.17) is 12.2 Å². The first-order valence-electron chi connectivity index (χ1n) is 8.23. The van der Waals surface area contributed by atoms with Gasteiger partial charge in [-0.05, 0) is 47.8 Å². The number of carbonyl (C=O) groups is 1. The molecular formula is C18H18N4OS2. The molecule has 0 atom stereocenters. The van der Waals surface area contributed by atoms with E-state index in [1.54, 1.807) is 11.3 Å². The smallest absolute Gasteiger partial charge is 0.261 e. The number of nitrogens with one attached hydrogen (secondary N) is 2. The van der Waals surface area contributed by atoms with Gasteiger partial charge in [0.25, 0.3) is 5.91 Å². The molecule has 0 aliphatic heterocycles. The molecule has 0 spiro atoms. The van der Waals surface area contributed by atoms with Crippen molar-refractivity contribution in [1.82, 2.24) is 20.1 Å². The molecular weight excluding hydrogens is 352 g/mol. The summed E-state index contributed by atoms with van der Waals surface area (Å²) in [5, 5.41) is 9.90. The first-order chi connectivity index (χ1) is 12.1. The van der Waals surface area contributed by atoms with E-state index >= 15 is 0 Å². The monoisotopic (exact) mass is 370 g/mol. The number of amides is 1. The molecule has 128 valence electrons. The number of nitrogens with zero attached hydrogens (tertiary/aromatic N) is 2. The van der Waals surface area contributed by atoms with Crippen LogP contribution in [0.25, 0.3) is 10.4 Å². The van der Waals surface area contributed by atoms with Crippen LogP contribution < -0.4 is 5.32 Å². The molecule has 1 aliphatic rings. The summed E-state index contributed by atoms with van der Waals surface area (Å²) in [5.74, 6) is 0.818. The zero-order chi connectivity index (χ0) is 17.4. The summed E-state index contributed by atoms with van der Waals surface area (Å²) in [5.41, 5.74) is 3.92. The van der Waals surface area contributed by atoms with E-state index in [0.717, 1.165) is 23.5 Å². The fraction of sp³-hybridized carbons (Fsp3) is 0.278. The van der Waals surface area contributed by atoms with Gasteiger partial charge in [0.05, 0.1) is 4.88 Å². The van der Waals surface area contributed by atoms with Crippen LogP contribution in [0.3, 0.4) is 0 Å². The maximum Gasteiger partial charge on any atom is 0.261 e. The molecule has 3 aromatic rings. The summed E-state index contributed by atoms with van der Waals surface area (Å²) >= 11 is 6.68. The summed E-state index contributed by atoms with van der Waals surface area (Å²) in [6, 6.07) is 10.5. The molecule has 0 bridgehead atoms. The lowest BCUT2D eigenvalue weighted by molar-refractivity contribution is 0.0958. The van der Waals surface area contributed by atoms with Gasteiger partial charge in [-0.3, -0.25) is 9.89 Å². The van der Waals surface area contributed by atoms with Crippen molar-refractivity contribution in [3.63, 3.8) is 0 Å². The summed E-state index contributed by atoms with van der Waals surface area (Å²) in [4.78, 5) is 14.5. The highest BCUT2D eigenvalue weighted by atomic mass is 32.1. The van der Waals surface area contributed by atoms with Crippen LogP contribution in [0.15, 0.2) is 30.3 Å². The van der Waals surface area contributed by atoms with Gasteiger partial charge in [0.1, 0.15) is 5.82 Å². The van der Waals surface area contributed by atoms with Crippen molar-refractivity contribution < 1.29 is 4.79 Å². The van der Waals surface area contributed by atoms with E-state index in [1.807, 2.05) is 17.7 Å². The predicted octanol–water partition coefficient (Wildman–Crippen LogP) is 3.28. The van der Waals surface area contributed by atoms with Crippen LogP contribution in [-0.2, 0) is 26.3 Å². The van der Waals surface area contributed by atoms with E-state index in [-0.39, 0.29) is 5.91 Å². The highest BCUT2D eigenvalue weighted by Crippen LogP contribution is 2.39. The van der Waals surface area contributed by atoms with Gasteiger partial charge < -0.3 is 9.88 Å². The highest BCUT2D eigenvalue weighted by Gasteiger charge is 2.21. The third-order valence-corrected chi connectivity index (χ3v) is 6.14. The van der Waals surface area contributed by atoms with E-state index < -0.39 is 0 Å². The minimum absolute atomic E-state index is 0.0198. The first-order valence-corrected chi connectivity index (χ1v) is 9.45. The first kappa shape index (κ1) is 16.2. The summed E-state index contributed by atoms with van der Waals surface area (Å²) < 4.78 is 2.41. The maximum absolute atomic E-state index is 12.5. The number of carbonyl (C=O) groups excluding carboxylic acids is 1. The zero-order valence-electron chi connectivity index (χ0n) is 13.8. The van der Waals surface area contributed by atoms with Gasteiger partial charge >= 0.3 is 0 Å². The van der Waals surface area contributed by atoms with Gasteiger partial charge in [0.2, 0.25) is 0 Å². The molecule has 1 aromatic carbocycles. The Balaban J connectivity index is 1.46. The normalized spacial score (nSPS) is 12.5. The third kappa shape index (κ3) is 3.05. The molecule has 0 unspecified atom stereocenters. The zero-order valence-corrected chi connectivity index (χ0v) is 15.5. The molecule has 0 saturated heterocycles.